The summed E-state index contributed by atoms with van der Waals surface area (Å²) in [6.07, 6.45) is -4.03. The molecule has 0 aromatic heterocycles. The molecular formula is C24H26F3N3O6. The summed E-state index contributed by atoms with van der Waals surface area (Å²) in [4.78, 5) is 35.1. The van der Waals surface area contributed by atoms with Crippen LogP contribution in [0.4, 0.5) is 18.9 Å². The molecule has 2 aliphatic heterocycles. The van der Waals surface area contributed by atoms with E-state index in [2.05, 4.69) is 10.6 Å². The molecule has 3 N–H and O–H groups in total. The van der Waals surface area contributed by atoms with Gasteiger partial charge in [0, 0.05) is 32.1 Å². The number of carboxylic acid groups (broad SMARTS) is 1. The first-order chi connectivity index (χ1) is 17.1. The second-order valence-corrected chi connectivity index (χ2v) is 8.09. The number of carbonyl (C=O) groups is 3. The summed E-state index contributed by atoms with van der Waals surface area (Å²) in [5.41, 5.74) is 2.83. The van der Waals surface area contributed by atoms with Crippen LogP contribution in [0.25, 0.3) is 0 Å². The monoisotopic (exact) mass is 509 g/mol. The van der Waals surface area contributed by atoms with E-state index >= 15 is 0 Å². The number of aliphatic carboxylic acids is 1. The predicted molar refractivity (Wildman–Crippen MR) is 123 cm³/mol. The first-order valence-electron chi connectivity index (χ1n) is 11.1. The van der Waals surface area contributed by atoms with Crippen LogP contribution in [0.3, 0.4) is 0 Å². The predicted octanol–water partition coefficient (Wildman–Crippen LogP) is 2.77. The molecule has 0 radical (unpaired) electrons. The molecule has 0 bridgehead atoms. The molecule has 2 aromatic carbocycles. The highest BCUT2D eigenvalue weighted by Gasteiger charge is 2.38. The molecule has 2 aromatic rings. The number of carbonyl (C=O) groups excluding carboxylic acids is 2. The summed E-state index contributed by atoms with van der Waals surface area (Å²) in [7, 11) is 1.65. The third kappa shape index (κ3) is 7.35. The number of rotatable bonds is 5. The van der Waals surface area contributed by atoms with Crippen molar-refractivity contribution in [2.24, 2.45) is 0 Å². The van der Waals surface area contributed by atoms with Crippen molar-refractivity contribution in [1.82, 2.24) is 10.2 Å². The van der Waals surface area contributed by atoms with Crippen LogP contribution in [0.15, 0.2) is 42.5 Å². The van der Waals surface area contributed by atoms with E-state index in [0.717, 1.165) is 23.4 Å². The standard InChI is InChI=1S/C22H25N3O4.C2HF3O2/c1-28-17-6-4-16(5-7-17)19-13-25(11-10-23-19)22(27)9-3-15-2-8-20-18(12-15)24-21(26)14-29-20;3-2(4,5)1(6)7/h2,4-8,12,19,23H,3,9-11,13-14H2,1H3,(H,24,26);(H,6,7). The fourth-order valence-corrected chi connectivity index (χ4v) is 3.73. The number of ether oxygens (including phenoxy) is 2. The number of hydrogen-bond acceptors (Lipinski definition) is 6. The Morgan fingerprint density at radius 1 is 1.19 bits per heavy atom. The van der Waals surface area contributed by atoms with Gasteiger partial charge in [-0.25, -0.2) is 4.79 Å². The average molecular weight is 509 g/mol. The zero-order chi connectivity index (χ0) is 26.3. The average Bonchev–Trinajstić information content (AvgIpc) is 2.87. The van der Waals surface area contributed by atoms with Crippen LogP contribution in [-0.4, -0.2) is 67.3 Å². The van der Waals surface area contributed by atoms with E-state index in [9.17, 15) is 22.8 Å². The topological polar surface area (TPSA) is 117 Å². The molecule has 2 aliphatic rings. The van der Waals surface area contributed by atoms with Gasteiger partial charge in [0.25, 0.3) is 5.91 Å². The van der Waals surface area contributed by atoms with Gasteiger partial charge in [0.2, 0.25) is 5.91 Å². The Hall–Kier alpha value is -3.80. The third-order valence-corrected chi connectivity index (χ3v) is 5.59. The van der Waals surface area contributed by atoms with Crippen molar-refractivity contribution in [3.63, 3.8) is 0 Å². The molecule has 1 saturated heterocycles. The van der Waals surface area contributed by atoms with Crippen molar-refractivity contribution in [3.8, 4) is 11.5 Å². The summed E-state index contributed by atoms with van der Waals surface area (Å²) >= 11 is 0. The number of benzene rings is 2. The van der Waals surface area contributed by atoms with Crippen LogP contribution in [0.5, 0.6) is 11.5 Å². The van der Waals surface area contributed by atoms with E-state index in [4.69, 9.17) is 19.4 Å². The highest BCUT2D eigenvalue weighted by Crippen LogP contribution is 2.29. The second kappa shape index (κ2) is 11.8. The minimum absolute atomic E-state index is 0.0448. The van der Waals surface area contributed by atoms with Crippen LogP contribution in [0.2, 0.25) is 0 Å². The minimum atomic E-state index is -5.08. The van der Waals surface area contributed by atoms with Crippen molar-refractivity contribution in [1.29, 1.82) is 0 Å². The maximum Gasteiger partial charge on any atom is 0.490 e. The number of fused-ring (bicyclic) bond motifs is 1. The number of halogens is 3. The third-order valence-electron chi connectivity index (χ3n) is 5.59. The van der Waals surface area contributed by atoms with Crippen molar-refractivity contribution in [2.75, 3.05) is 38.7 Å². The van der Waals surface area contributed by atoms with Gasteiger partial charge in [-0.15, -0.1) is 0 Å². The van der Waals surface area contributed by atoms with Crippen molar-refractivity contribution >= 4 is 23.5 Å². The molecule has 9 nitrogen and oxygen atoms in total. The number of nitrogens with zero attached hydrogens (tertiary/aromatic N) is 1. The highest BCUT2D eigenvalue weighted by molar-refractivity contribution is 5.95. The Balaban J connectivity index is 0.000000454. The molecule has 1 unspecified atom stereocenters. The van der Waals surface area contributed by atoms with Gasteiger partial charge >= 0.3 is 12.1 Å². The number of anilines is 1. The Morgan fingerprint density at radius 2 is 1.89 bits per heavy atom. The molecule has 4 rings (SSSR count). The van der Waals surface area contributed by atoms with Crippen LogP contribution in [-0.2, 0) is 20.8 Å². The van der Waals surface area contributed by atoms with E-state index in [0.29, 0.717) is 37.4 Å². The summed E-state index contributed by atoms with van der Waals surface area (Å²) in [5.74, 6) is -1.28. The lowest BCUT2D eigenvalue weighted by molar-refractivity contribution is -0.192. The fourth-order valence-electron chi connectivity index (χ4n) is 3.73. The zero-order valence-electron chi connectivity index (χ0n) is 19.4. The first kappa shape index (κ1) is 26.8. The lowest BCUT2D eigenvalue weighted by atomic mass is 10.0. The van der Waals surface area contributed by atoms with E-state index < -0.39 is 12.1 Å². The molecule has 2 amide bonds. The van der Waals surface area contributed by atoms with E-state index in [1.165, 1.54) is 0 Å². The number of hydrogen-bond donors (Lipinski definition) is 3. The Bertz CT molecular complexity index is 1090. The summed E-state index contributed by atoms with van der Waals surface area (Å²) < 4.78 is 42.3. The number of methoxy groups -OCH3 is 1. The quantitative estimate of drug-likeness (QED) is 0.568. The molecule has 0 spiro atoms. The lowest BCUT2D eigenvalue weighted by Crippen LogP contribution is -2.48. The van der Waals surface area contributed by atoms with E-state index in [1.54, 1.807) is 7.11 Å². The second-order valence-electron chi connectivity index (χ2n) is 8.09. The maximum atomic E-state index is 12.8. The van der Waals surface area contributed by atoms with Gasteiger partial charge in [-0.05, 0) is 41.8 Å². The SMILES string of the molecule is COc1ccc(C2CN(C(=O)CCc3ccc4c(c3)NC(=O)CO4)CCN2)cc1.O=C(O)C(F)(F)F. The van der Waals surface area contributed by atoms with E-state index in [1.807, 2.05) is 47.4 Å². The van der Waals surface area contributed by atoms with Crippen LogP contribution in [0, 0.1) is 0 Å². The number of aryl methyl sites for hydroxylation is 1. The summed E-state index contributed by atoms with van der Waals surface area (Å²) in [5, 5.41) is 13.4. The Labute approximate surface area is 205 Å². The van der Waals surface area contributed by atoms with Crippen LogP contribution >= 0.6 is 0 Å². The van der Waals surface area contributed by atoms with Crippen LogP contribution < -0.4 is 20.1 Å². The van der Waals surface area contributed by atoms with Gasteiger partial charge in [0.1, 0.15) is 11.5 Å². The normalized spacial score (nSPS) is 17.1. The molecule has 12 heteroatoms. The minimum Gasteiger partial charge on any atom is -0.497 e. The molecular weight excluding hydrogens is 483 g/mol. The molecule has 0 saturated carbocycles. The number of alkyl halides is 3. The van der Waals surface area contributed by atoms with Gasteiger partial charge in [-0.2, -0.15) is 13.2 Å². The Morgan fingerprint density at radius 3 is 2.53 bits per heavy atom. The number of carboxylic acids is 1. The molecule has 1 atom stereocenters. The van der Waals surface area contributed by atoms with Crippen molar-refractivity contribution in [2.45, 2.75) is 25.1 Å². The zero-order valence-corrected chi connectivity index (χ0v) is 19.4. The largest absolute Gasteiger partial charge is 0.497 e. The van der Waals surface area contributed by atoms with Crippen LogP contribution in [0.1, 0.15) is 23.6 Å². The highest BCUT2D eigenvalue weighted by atomic mass is 19.4. The summed E-state index contributed by atoms with van der Waals surface area (Å²) in [6, 6.07) is 13.8. The lowest BCUT2D eigenvalue weighted by Gasteiger charge is -2.34. The van der Waals surface area contributed by atoms with Gasteiger partial charge in [-0.3, -0.25) is 9.59 Å². The molecule has 2 heterocycles. The maximum absolute atomic E-state index is 12.8. The molecule has 36 heavy (non-hydrogen) atoms. The van der Waals surface area contributed by atoms with Crippen molar-refractivity contribution < 1.29 is 42.1 Å². The van der Waals surface area contributed by atoms with E-state index in [-0.39, 0.29) is 24.5 Å². The Kier molecular flexibility index (Phi) is 8.75. The molecule has 0 aliphatic carbocycles. The number of piperazine rings is 1. The number of amides is 2. The summed E-state index contributed by atoms with van der Waals surface area (Å²) in [6.45, 7) is 2.17. The van der Waals surface area contributed by atoms with Crippen molar-refractivity contribution in [3.05, 3.63) is 53.6 Å². The molecule has 1 fully saturated rings. The first-order valence-corrected chi connectivity index (χ1v) is 11.1. The van der Waals surface area contributed by atoms with Gasteiger partial charge in [-0.1, -0.05) is 18.2 Å². The number of nitrogens with one attached hydrogen (secondary N) is 2. The van der Waals surface area contributed by atoms with Gasteiger partial charge in [0.05, 0.1) is 12.8 Å². The molecule has 194 valence electrons. The smallest absolute Gasteiger partial charge is 0.490 e. The van der Waals surface area contributed by atoms with Gasteiger partial charge in [0.15, 0.2) is 6.61 Å². The van der Waals surface area contributed by atoms with Gasteiger partial charge < -0.3 is 30.1 Å². The fraction of sp³-hybridized carbons (Fsp3) is 0.375.